The van der Waals surface area contributed by atoms with Gasteiger partial charge in [0.15, 0.2) is 0 Å². The summed E-state index contributed by atoms with van der Waals surface area (Å²) >= 11 is 0. The number of rotatable bonds is 3. The smallest absolute Gasteiger partial charge is 0.237 e. The van der Waals surface area contributed by atoms with Crippen LogP contribution in [0, 0.1) is 11.8 Å². The minimum atomic E-state index is 0. The van der Waals surface area contributed by atoms with Crippen molar-refractivity contribution in [2.75, 3.05) is 6.54 Å². The molecule has 0 bridgehead atoms. The molecule has 4 heteroatoms. The van der Waals surface area contributed by atoms with Crippen LogP contribution < -0.4 is 10.6 Å². The van der Waals surface area contributed by atoms with Crippen molar-refractivity contribution < 1.29 is 4.79 Å². The summed E-state index contributed by atoms with van der Waals surface area (Å²) in [6.45, 7) is 0.909. The molecule has 0 radical (unpaired) electrons. The van der Waals surface area contributed by atoms with Crippen LogP contribution in [-0.2, 0) is 4.79 Å². The monoisotopic (exact) mass is 230 g/mol. The van der Waals surface area contributed by atoms with Crippen molar-refractivity contribution in [2.24, 2.45) is 11.8 Å². The Morgan fingerprint density at radius 2 is 2.13 bits per heavy atom. The summed E-state index contributed by atoms with van der Waals surface area (Å²) in [5.74, 6) is 1.83. The summed E-state index contributed by atoms with van der Waals surface area (Å²) in [5, 5.41) is 6.44. The number of fused-ring (bicyclic) bond motifs is 1. The van der Waals surface area contributed by atoms with Gasteiger partial charge < -0.3 is 10.6 Å². The topological polar surface area (TPSA) is 41.1 Å². The average molecular weight is 231 g/mol. The molecule has 3 aliphatic rings. The van der Waals surface area contributed by atoms with E-state index in [2.05, 4.69) is 10.6 Å². The van der Waals surface area contributed by atoms with E-state index in [4.69, 9.17) is 0 Å². The minimum absolute atomic E-state index is 0. The molecule has 1 aliphatic heterocycles. The number of hydrogen-bond donors (Lipinski definition) is 2. The van der Waals surface area contributed by atoms with E-state index in [9.17, 15) is 4.79 Å². The molecule has 3 fully saturated rings. The van der Waals surface area contributed by atoms with Crippen molar-refractivity contribution in [3.63, 3.8) is 0 Å². The van der Waals surface area contributed by atoms with Crippen LogP contribution in [-0.4, -0.2) is 24.5 Å². The van der Waals surface area contributed by atoms with E-state index in [1.807, 2.05) is 0 Å². The molecule has 0 aromatic rings. The molecule has 15 heavy (non-hydrogen) atoms. The number of piperidine rings is 1. The Labute approximate surface area is 96.8 Å². The molecule has 2 N–H and O–H groups in total. The van der Waals surface area contributed by atoms with Gasteiger partial charge in [-0.2, -0.15) is 0 Å². The lowest BCUT2D eigenvalue weighted by molar-refractivity contribution is -0.123. The number of halogens is 1. The zero-order chi connectivity index (χ0) is 9.54. The highest BCUT2D eigenvalue weighted by atomic mass is 35.5. The van der Waals surface area contributed by atoms with Crippen molar-refractivity contribution in [3.8, 4) is 0 Å². The van der Waals surface area contributed by atoms with Gasteiger partial charge in [0.05, 0.1) is 6.04 Å². The van der Waals surface area contributed by atoms with Gasteiger partial charge in [-0.15, -0.1) is 12.4 Å². The van der Waals surface area contributed by atoms with Gasteiger partial charge in [-0.3, -0.25) is 4.79 Å². The van der Waals surface area contributed by atoms with Gasteiger partial charge in [0.25, 0.3) is 0 Å². The Balaban J connectivity index is 0.000000853. The third-order valence-corrected chi connectivity index (χ3v) is 3.98. The van der Waals surface area contributed by atoms with E-state index in [0.29, 0.717) is 6.04 Å². The first-order valence-electron chi connectivity index (χ1n) is 5.86. The quantitative estimate of drug-likeness (QED) is 0.762. The summed E-state index contributed by atoms with van der Waals surface area (Å²) in [5.41, 5.74) is 0. The Morgan fingerprint density at radius 1 is 1.33 bits per heavy atom. The van der Waals surface area contributed by atoms with Gasteiger partial charge in [-0.1, -0.05) is 6.42 Å². The van der Waals surface area contributed by atoms with Gasteiger partial charge in [0.1, 0.15) is 0 Å². The number of carbonyl (C=O) groups is 1. The van der Waals surface area contributed by atoms with Crippen molar-refractivity contribution in [2.45, 2.75) is 44.2 Å². The maximum absolute atomic E-state index is 11.7. The molecule has 1 amide bonds. The first-order valence-corrected chi connectivity index (χ1v) is 5.86. The molecule has 3 nitrogen and oxygen atoms in total. The second kappa shape index (κ2) is 4.30. The van der Waals surface area contributed by atoms with Crippen LogP contribution in [0.1, 0.15) is 32.1 Å². The van der Waals surface area contributed by atoms with Crippen LogP contribution in [0.25, 0.3) is 0 Å². The Morgan fingerprint density at radius 3 is 2.67 bits per heavy atom. The maximum Gasteiger partial charge on any atom is 0.237 e. The molecule has 1 saturated heterocycles. The van der Waals surface area contributed by atoms with Crippen molar-refractivity contribution in [1.82, 2.24) is 10.6 Å². The van der Waals surface area contributed by atoms with E-state index in [-0.39, 0.29) is 24.4 Å². The fourth-order valence-electron chi connectivity index (χ4n) is 2.59. The third-order valence-electron chi connectivity index (χ3n) is 3.98. The van der Waals surface area contributed by atoms with Crippen LogP contribution >= 0.6 is 12.4 Å². The van der Waals surface area contributed by atoms with Crippen LogP contribution in [0.5, 0.6) is 0 Å². The highest BCUT2D eigenvalue weighted by Crippen LogP contribution is 2.40. The van der Waals surface area contributed by atoms with E-state index < -0.39 is 0 Å². The van der Waals surface area contributed by atoms with Crippen LogP contribution in [0.3, 0.4) is 0 Å². The minimum Gasteiger partial charge on any atom is -0.354 e. The summed E-state index contributed by atoms with van der Waals surface area (Å²) in [7, 11) is 0. The first kappa shape index (κ1) is 11.2. The lowest BCUT2D eigenvalue weighted by atomic mass is 9.85. The molecule has 1 heterocycles. The zero-order valence-electron chi connectivity index (χ0n) is 8.87. The predicted octanol–water partition coefficient (Wildman–Crippen LogP) is 1.07. The number of hydrogen-bond acceptors (Lipinski definition) is 2. The molecule has 0 spiro atoms. The molecule has 2 saturated carbocycles. The molecule has 2 aliphatic carbocycles. The van der Waals surface area contributed by atoms with Crippen LogP contribution in [0.4, 0.5) is 0 Å². The molecule has 3 rings (SSSR count). The summed E-state index contributed by atoms with van der Waals surface area (Å²) in [4.78, 5) is 11.7. The lowest BCUT2D eigenvalue weighted by Crippen LogP contribution is -2.44. The molecular formula is C11H19ClN2O. The highest BCUT2D eigenvalue weighted by molar-refractivity contribution is 5.85. The van der Waals surface area contributed by atoms with Gasteiger partial charge in [-0.25, -0.2) is 0 Å². The highest BCUT2D eigenvalue weighted by Gasteiger charge is 2.47. The Hall–Kier alpha value is -0.280. The molecular weight excluding hydrogens is 212 g/mol. The maximum atomic E-state index is 11.7. The fraction of sp³-hybridized carbons (Fsp3) is 0.909. The SMILES string of the molecule is Cl.O=C(NCC1CCC1)[C@@H]1C[C@@H]2C[C@@H]2N1. The van der Waals surface area contributed by atoms with E-state index in [1.54, 1.807) is 0 Å². The van der Waals surface area contributed by atoms with Crippen molar-refractivity contribution >= 4 is 18.3 Å². The summed E-state index contributed by atoms with van der Waals surface area (Å²) in [6, 6.07) is 0.799. The molecule has 0 aromatic heterocycles. The van der Waals surface area contributed by atoms with Gasteiger partial charge >= 0.3 is 0 Å². The number of amides is 1. The predicted molar refractivity (Wildman–Crippen MR) is 61.0 cm³/mol. The Bertz CT molecular complexity index is 245. The van der Waals surface area contributed by atoms with Crippen molar-refractivity contribution in [3.05, 3.63) is 0 Å². The number of carbonyl (C=O) groups excluding carboxylic acids is 1. The zero-order valence-corrected chi connectivity index (χ0v) is 9.69. The molecule has 86 valence electrons. The summed E-state index contributed by atoms with van der Waals surface area (Å²) < 4.78 is 0. The standard InChI is InChI=1S/C11H18N2O.ClH/c14-11(12-6-7-2-1-3-7)10-5-8-4-9(8)13-10;/h7-10,13H,1-6H2,(H,12,14);1H/t8-,9-,10-;/m0./s1. The molecule has 3 atom stereocenters. The molecule has 0 unspecified atom stereocenters. The van der Waals surface area contributed by atoms with E-state index >= 15 is 0 Å². The lowest BCUT2D eigenvalue weighted by Gasteiger charge is -2.26. The first-order chi connectivity index (χ1) is 6.83. The largest absolute Gasteiger partial charge is 0.354 e. The van der Waals surface area contributed by atoms with Crippen molar-refractivity contribution in [1.29, 1.82) is 0 Å². The van der Waals surface area contributed by atoms with Gasteiger partial charge in [-0.05, 0) is 37.5 Å². The fourth-order valence-corrected chi connectivity index (χ4v) is 2.59. The second-order valence-corrected chi connectivity index (χ2v) is 5.10. The van der Waals surface area contributed by atoms with E-state index in [0.717, 1.165) is 24.8 Å². The summed E-state index contributed by atoms with van der Waals surface area (Å²) in [6.07, 6.45) is 6.34. The second-order valence-electron chi connectivity index (χ2n) is 5.10. The van der Waals surface area contributed by atoms with Gasteiger partial charge in [0, 0.05) is 12.6 Å². The van der Waals surface area contributed by atoms with E-state index in [1.165, 1.54) is 25.7 Å². The normalized spacial score (nSPS) is 37.5. The Kier molecular flexibility index (Phi) is 3.21. The van der Waals surface area contributed by atoms with Crippen LogP contribution in [0.15, 0.2) is 0 Å². The van der Waals surface area contributed by atoms with Crippen LogP contribution in [0.2, 0.25) is 0 Å². The molecule has 0 aromatic carbocycles. The average Bonchev–Trinajstić information content (AvgIpc) is 2.71. The third kappa shape index (κ3) is 2.28. The van der Waals surface area contributed by atoms with Gasteiger partial charge in [0.2, 0.25) is 5.91 Å². The number of nitrogens with one attached hydrogen (secondary N) is 2.